The molecule has 3 atom stereocenters. The molecule has 16 nitrogen and oxygen atoms in total. The van der Waals surface area contributed by atoms with Gasteiger partial charge in [0.2, 0.25) is 35.4 Å². The zero-order chi connectivity index (χ0) is 45.4. The molecule has 336 valence electrons. The maximum Gasteiger partial charge on any atom is 0.246 e. The first kappa shape index (κ1) is 47.3. The Labute approximate surface area is 368 Å². The summed E-state index contributed by atoms with van der Waals surface area (Å²) in [6.07, 6.45) is 6.00. The van der Waals surface area contributed by atoms with Gasteiger partial charge in [0.25, 0.3) is 0 Å². The first-order valence-corrected chi connectivity index (χ1v) is 21.8. The number of amides is 6. The summed E-state index contributed by atoms with van der Waals surface area (Å²) in [4.78, 5) is 87.2. The van der Waals surface area contributed by atoms with E-state index in [9.17, 15) is 28.8 Å². The van der Waals surface area contributed by atoms with E-state index in [-0.39, 0.29) is 56.4 Å². The molecule has 1 aromatic heterocycles. The number of likely N-dealkylation sites (N-methyl/N-ethyl adjacent to an activating group) is 1. The highest BCUT2D eigenvalue weighted by Gasteiger charge is 2.45. The number of H-pyrrole nitrogens is 1. The number of aromatic amines is 1. The van der Waals surface area contributed by atoms with Crippen molar-refractivity contribution in [3.8, 4) is 0 Å². The third kappa shape index (κ3) is 13.4. The lowest BCUT2D eigenvalue weighted by molar-refractivity contribution is -0.143. The topological polar surface area (TPSA) is 257 Å². The molecule has 4 aromatic rings. The molecule has 1 fully saturated rings. The fourth-order valence-electron chi connectivity index (χ4n) is 8.26. The van der Waals surface area contributed by atoms with Gasteiger partial charge in [0.1, 0.15) is 23.7 Å². The highest BCUT2D eigenvalue weighted by Crippen LogP contribution is 2.38. The third-order valence-corrected chi connectivity index (χ3v) is 11.8. The van der Waals surface area contributed by atoms with E-state index in [4.69, 9.17) is 16.9 Å². The van der Waals surface area contributed by atoms with Crippen molar-refractivity contribution >= 4 is 52.3 Å². The number of unbranched alkanes of at least 4 members (excludes halogenated alkanes) is 1. The Kier molecular flexibility index (Phi) is 17.2. The van der Waals surface area contributed by atoms with Crippen molar-refractivity contribution in [2.45, 2.75) is 107 Å². The largest absolute Gasteiger partial charge is 0.370 e. The van der Waals surface area contributed by atoms with Gasteiger partial charge in [-0.05, 0) is 73.6 Å². The number of nitrogens with zero attached hydrogens (tertiary/aromatic N) is 1. The molecule has 16 heteroatoms. The summed E-state index contributed by atoms with van der Waals surface area (Å²) in [5.41, 5.74) is 13.1. The van der Waals surface area contributed by atoms with Gasteiger partial charge in [-0.3, -0.25) is 34.2 Å². The number of hydrogen-bond donors (Lipinski definition) is 9. The lowest BCUT2D eigenvalue weighted by atomic mass is 9.73. The molecular weight excluding hydrogens is 801 g/mol. The van der Waals surface area contributed by atoms with E-state index < -0.39 is 59.7 Å². The van der Waals surface area contributed by atoms with E-state index in [2.05, 4.69) is 43.7 Å². The second kappa shape index (κ2) is 22.9. The molecule has 0 aliphatic heterocycles. The number of primary amides is 1. The summed E-state index contributed by atoms with van der Waals surface area (Å²) in [5.74, 6) is -3.41. The number of nitrogens with one attached hydrogen (secondary N) is 7. The lowest BCUT2D eigenvalue weighted by Gasteiger charge is -2.40. The molecule has 63 heavy (non-hydrogen) atoms. The Bertz CT molecular complexity index is 2190. The van der Waals surface area contributed by atoms with Gasteiger partial charge in [-0.25, -0.2) is 0 Å². The summed E-state index contributed by atoms with van der Waals surface area (Å²) in [6.45, 7) is 1.76. The van der Waals surface area contributed by atoms with Crippen molar-refractivity contribution in [1.29, 1.82) is 5.41 Å². The number of para-hydroxylation sites is 1. The maximum atomic E-state index is 14.7. The Morgan fingerprint density at radius 1 is 0.825 bits per heavy atom. The van der Waals surface area contributed by atoms with Crippen LogP contribution in [0.4, 0.5) is 0 Å². The number of fused-ring (bicyclic) bond motifs is 1. The van der Waals surface area contributed by atoms with Gasteiger partial charge < -0.3 is 47.9 Å². The van der Waals surface area contributed by atoms with E-state index in [1.165, 1.54) is 17.5 Å². The van der Waals surface area contributed by atoms with Gasteiger partial charge >= 0.3 is 0 Å². The minimum atomic E-state index is -1.27. The van der Waals surface area contributed by atoms with E-state index in [0.29, 0.717) is 32.1 Å². The molecule has 5 rings (SSSR count). The Morgan fingerprint density at radius 2 is 1.49 bits per heavy atom. The maximum absolute atomic E-state index is 14.7. The van der Waals surface area contributed by atoms with Crippen LogP contribution < -0.4 is 38.1 Å². The van der Waals surface area contributed by atoms with Crippen molar-refractivity contribution in [1.82, 2.24) is 36.5 Å². The highest BCUT2D eigenvalue weighted by molar-refractivity contribution is 5.98. The predicted molar refractivity (Wildman–Crippen MR) is 242 cm³/mol. The number of guanidine groups is 1. The average molecular weight is 863 g/mol. The molecule has 0 radical (unpaired) electrons. The van der Waals surface area contributed by atoms with Crippen LogP contribution in [0.5, 0.6) is 0 Å². The van der Waals surface area contributed by atoms with Crippen LogP contribution in [0.3, 0.4) is 0 Å². The molecule has 1 aliphatic rings. The van der Waals surface area contributed by atoms with Crippen LogP contribution in [0, 0.1) is 5.41 Å². The number of carbonyl (C=O) groups excluding carboxylic acids is 6. The molecule has 1 saturated carbocycles. The summed E-state index contributed by atoms with van der Waals surface area (Å²) >= 11 is 0. The van der Waals surface area contributed by atoms with E-state index >= 15 is 0 Å². The number of carbonyl (C=O) groups is 6. The standard InChI is InChI=1S/C47H62N10O6/c1-3-4-21-41(59)56-47(24-22-33(23-25-47)32-16-9-6-10-17-32)45(63)55-38(27-31-14-7-5-8-15-31)42(60)54-37(20-13-26-51-46(49)50)44(62)57(2)39(43(61)53-30-40(48)58)28-34-29-52-36-19-12-11-18-35(34)36/h5-12,14-19,29,33,37-39,52H,3-4,13,20-28,30H2,1-2H3,(H2,48,58)(H,53,61)(H,54,60)(H,55,63)(H,56,59)(H4,49,50,51)/t33-,37-,38+,39-,47+/m0/s1. The van der Waals surface area contributed by atoms with Gasteiger partial charge in [-0.15, -0.1) is 0 Å². The van der Waals surface area contributed by atoms with Crippen LogP contribution in [0.25, 0.3) is 10.9 Å². The predicted octanol–water partition coefficient (Wildman–Crippen LogP) is 3.02. The number of benzene rings is 3. The number of aromatic nitrogens is 1. The van der Waals surface area contributed by atoms with Gasteiger partial charge in [-0.2, -0.15) is 0 Å². The molecule has 0 spiro atoms. The quantitative estimate of drug-likeness (QED) is 0.0322. The zero-order valence-corrected chi connectivity index (χ0v) is 36.2. The van der Waals surface area contributed by atoms with E-state index in [1.54, 1.807) is 6.20 Å². The fraction of sp³-hybridized carbons (Fsp3) is 0.426. The molecule has 0 bridgehead atoms. The molecular formula is C47H62N10O6. The fourth-order valence-corrected chi connectivity index (χ4v) is 8.26. The zero-order valence-electron chi connectivity index (χ0n) is 36.2. The second-order valence-corrected chi connectivity index (χ2v) is 16.4. The SMILES string of the molecule is CCCCC(=O)N[C@]1(C(=O)N[C@H](Cc2ccccc2)C(=O)N[C@@H](CCCNC(=N)N)C(=O)N(C)[C@@H](Cc2c[nH]c3ccccc23)C(=O)NCC(N)=O)CC[C@H](c2ccccc2)CC1. The Balaban J connectivity index is 1.43. The molecule has 6 amide bonds. The molecule has 0 saturated heterocycles. The first-order chi connectivity index (χ1) is 30.3. The molecule has 1 aliphatic carbocycles. The average Bonchev–Trinajstić information content (AvgIpc) is 3.70. The van der Waals surface area contributed by atoms with E-state index in [1.807, 2.05) is 79.7 Å². The molecule has 3 aromatic carbocycles. The van der Waals surface area contributed by atoms with Gasteiger partial charge in [0.15, 0.2) is 5.96 Å². The Morgan fingerprint density at radius 3 is 2.16 bits per heavy atom. The van der Waals surface area contributed by atoms with Crippen LogP contribution >= 0.6 is 0 Å². The van der Waals surface area contributed by atoms with E-state index in [0.717, 1.165) is 28.5 Å². The minimum Gasteiger partial charge on any atom is -0.370 e. The monoisotopic (exact) mass is 862 g/mol. The number of rotatable bonds is 22. The Hall–Kier alpha value is -6.71. The van der Waals surface area contributed by atoms with Gasteiger partial charge in [0.05, 0.1) is 6.54 Å². The first-order valence-electron chi connectivity index (χ1n) is 21.8. The summed E-state index contributed by atoms with van der Waals surface area (Å²) in [7, 11) is 1.46. The summed E-state index contributed by atoms with van der Waals surface area (Å²) in [6, 6.07) is 23.2. The van der Waals surface area contributed by atoms with Crippen molar-refractivity contribution in [2.75, 3.05) is 20.1 Å². The van der Waals surface area contributed by atoms with Gasteiger partial charge in [-0.1, -0.05) is 92.2 Å². The van der Waals surface area contributed by atoms with Crippen molar-refractivity contribution in [3.05, 3.63) is 108 Å². The van der Waals surface area contributed by atoms with Crippen LogP contribution in [-0.2, 0) is 41.6 Å². The van der Waals surface area contributed by atoms with Crippen molar-refractivity contribution in [3.63, 3.8) is 0 Å². The van der Waals surface area contributed by atoms with Crippen LogP contribution in [0.1, 0.15) is 87.3 Å². The van der Waals surface area contributed by atoms with Crippen molar-refractivity contribution in [2.24, 2.45) is 11.5 Å². The third-order valence-electron chi connectivity index (χ3n) is 11.8. The van der Waals surface area contributed by atoms with Crippen LogP contribution in [0.2, 0.25) is 0 Å². The molecule has 1 heterocycles. The van der Waals surface area contributed by atoms with Crippen molar-refractivity contribution < 1.29 is 28.8 Å². The minimum absolute atomic E-state index is 0.0628. The number of hydrogen-bond acceptors (Lipinski definition) is 7. The number of nitrogens with two attached hydrogens (primary N) is 2. The molecule has 0 unspecified atom stereocenters. The normalized spacial score (nSPS) is 17.3. The lowest BCUT2D eigenvalue weighted by Crippen LogP contribution is -2.64. The second-order valence-electron chi connectivity index (χ2n) is 16.4. The van der Waals surface area contributed by atoms with Gasteiger partial charge in [0, 0.05) is 50.0 Å². The highest BCUT2D eigenvalue weighted by atomic mass is 16.2. The van der Waals surface area contributed by atoms with Crippen LogP contribution in [0.15, 0.2) is 91.1 Å². The smallest absolute Gasteiger partial charge is 0.246 e. The summed E-state index contributed by atoms with van der Waals surface area (Å²) < 4.78 is 0. The molecule has 11 N–H and O–H groups in total. The van der Waals surface area contributed by atoms with Crippen LogP contribution in [-0.4, -0.2) is 95.1 Å². The summed E-state index contributed by atoms with van der Waals surface area (Å²) in [5, 5.41) is 22.7.